The van der Waals surface area contributed by atoms with Crippen LogP contribution in [0.4, 0.5) is 0 Å². The van der Waals surface area contributed by atoms with E-state index >= 15 is 0 Å². The van der Waals surface area contributed by atoms with E-state index in [4.69, 9.17) is 0 Å². The van der Waals surface area contributed by atoms with Crippen LogP contribution in [0, 0.1) is 34.5 Å². The highest BCUT2D eigenvalue weighted by Gasteiger charge is 2.49. The van der Waals surface area contributed by atoms with Gasteiger partial charge in [-0.25, -0.2) is 0 Å². The second kappa shape index (κ2) is 3.75. The lowest BCUT2D eigenvalue weighted by atomic mass is 9.59. The van der Waals surface area contributed by atoms with Crippen LogP contribution in [0.25, 0.3) is 0 Å². The zero-order chi connectivity index (χ0) is 12.1. The molecular formula is C16H30. The molecule has 0 spiro atoms. The van der Waals surface area contributed by atoms with Crippen LogP contribution in [0.3, 0.4) is 0 Å². The molecule has 0 heteroatoms. The van der Waals surface area contributed by atoms with E-state index in [0.717, 1.165) is 23.7 Å². The maximum absolute atomic E-state index is 2.46. The Labute approximate surface area is 102 Å². The van der Waals surface area contributed by atoms with Crippen molar-refractivity contribution in [2.24, 2.45) is 34.5 Å². The average molecular weight is 222 g/mol. The van der Waals surface area contributed by atoms with Crippen molar-refractivity contribution >= 4 is 0 Å². The van der Waals surface area contributed by atoms with Gasteiger partial charge in [-0.05, 0) is 60.2 Å². The van der Waals surface area contributed by atoms with Crippen molar-refractivity contribution in [2.45, 2.75) is 67.2 Å². The summed E-state index contributed by atoms with van der Waals surface area (Å²) < 4.78 is 0. The average Bonchev–Trinajstić information content (AvgIpc) is 2.35. The second-order valence-corrected chi connectivity index (χ2v) is 8.52. The molecule has 94 valence electrons. The number of hydrogen-bond acceptors (Lipinski definition) is 0. The van der Waals surface area contributed by atoms with Crippen molar-refractivity contribution in [1.82, 2.24) is 0 Å². The van der Waals surface area contributed by atoms with Crippen molar-refractivity contribution in [3.63, 3.8) is 0 Å². The fraction of sp³-hybridized carbons (Fsp3) is 1.00. The summed E-state index contributed by atoms with van der Waals surface area (Å²) in [5.74, 6) is 4.04. The number of hydrogen-bond donors (Lipinski definition) is 0. The molecule has 0 nitrogen and oxygen atoms in total. The maximum Gasteiger partial charge on any atom is -0.0308 e. The summed E-state index contributed by atoms with van der Waals surface area (Å²) in [6.45, 7) is 14.7. The minimum absolute atomic E-state index is 0.531. The third-order valence-electron chi connectivity index (χ3n) is 5.32. The SMILES string of the molecule is CC(C)(C)C1CC2CCC(C1)C2C(C)(C)C. The Kier molecular flexibility index (Phi) is 2.92. The van der Waals surface area contributed by atoms with Crippen LogP contribution >= 0.6 is 0 Å². The van der Waals surface area contributed by atoms with Crippen molar-refractivity contribution in [2.75, 3.05) is 0 Å². The van der Waals surface area contributed by atoms with Gasteiger partial charge in [0.25, 0.3) is 0 Å². The van der Waals surface area contributed by atoms with Crippen LogP contribution in [0.5, 0.6) is 0 Å². The van der Waals surface area contributed by atoms with Crippen LogP contribution in [0.15, 0.2) is 0 Å². The zero-order valence-electron chi connectivity index (χ0n) is 12.1. The lowest BCUT2D eigenvalue weighted by Crippen LogP contribution is -2.38. The summed E-state index contributed by atoms with van der Waals surface area (Å²) in [5, 5.41) is 0. The van der Waals surface area contributed by atoms with Gasteiger partial charge in [0.05, 0.1) is 0 Å². The highest BCUT2D eigenvalue weighted by atomic mass is 14.5. The molecule has 2 aliphatic carbocycles. The summed E-state index contributed by atoms with van der Waals surface area (Å²) >= 11 is 0. The van der Waals surface area contributed by atoms with E-state index < -0.39 is 0 Å². The van der Waals surface area contributed by atoms with Gasteiger partial charge in [0.2, 0.25) is 0 Å². The van der Waals surface area contributed by atoms with E-state index in [1.165, 1.54) is 25.7 Å². The smallest absolute Gasteiger partial charge is 0.0308 e. The molecule has 2 aliphatic rings. The molecule has 2 rings (SSSR count). The third kappa shape index (κ3) is 2.17. The predicted octanol–water partition coefficient (Wildman–Crippen LogP) is 5.13. The van der Waals surface area contributed by atoms with Crippen molar-refractivity contribution in [3.05, 3.63) is 0 Å². The molecule has 0 amide bonds. The second-order valence-electron chi connectivity index (χ2n) is 8.52. The number of fused-ring (bicyclic) bond motifs is 2. The van der Waals surface area contributed by atoms with Gasteiger partial charge in [0, 0.05) is 0 Å². The minimum atomic E-state index is 0.531. The van der Waals surface area contributed by atoms with E-state index in [1.807, 2.05) is 0 Å². The largest absolute Gasteiger partial charge is 0.0599 e. The summed E-state index contributed by atoms with van der Waals surface area (Å²) in [4.78, 5) is 0. The molecule has 0 aromatic carbocycles. The molecule has 0 heterocycles. The molecule has 2 atom stereocenters. The van der Waals surface area contributed by atoms with E-state index in [9.17, 15) is 0 Å². The van der Waals surface area contributed by atoms with E-state index in [1.54, 1.807) is 0 Å². The molecule has 2 unspecified atom stereocenters. The van der Waals surface area contributed by atoms with Crippen molar-refractivity contribution in [3.8, 4) is 0 Å². The van der Waals surface area contributed by atoms with E-state index in [-0.39, 0.29) is 0 Å². The fourth-order valence-corrected chi connectivity index (χ4v) is 4.65. The van der Waals surface area contributed by atoms with Gasteiger partial charge in [0.1, 0.15) is 0 Å². The summed E-state index contributed by atoms with van der Waals surface area (Å²) in [6, 6.07) is 0. The molecule has 0 saturated heterocycles. The Bertz CT molecular complexity index is 236. The van der Waals surface area contributed by atoms with Gasteiger partial charge in [-0.15, -0.1) is 0 Å². The molecule has 2 fully saturated rings. The predicted molar refractivity (Wildman–Crippen MR) is 71.3 cm³/mol. The van der Waals surface area contributed by atoms with Crippen molar-refractivity contribution in [1.29, 1.82) is 0 Å². The molecule has 2 bridgehead atoms. The summed E-state index contributed by atoms with van der Waals surface area (Å²) in [7, 11) is 0. The normalized spacial score (nSPS) is 40.1. The molecule has 0 aromatic heterocycles. The van der Waals surface area contributed by atoms with Gasteiger partial charge in [0.15, 0.2) is 0 Å². The lowest BCUT2D eigenvalue weighted by Gasteiger charge is -2.46. The molecule has 16 heavy (non-hydrogen) atoms. The molecule has 0 radical (unpaired) electrons. The summed E-state index contributed by atoms with van der Waals surface area (Å²) in [6.07, 6.45) is 6.03. The Morgan fingerprint density at radius 1 is 0.688 bits per heavy atom. The lowest BCUT2D eigenvalue weighted by molar-refractivity contribution is 0.0308. The standard InChI is InChI=1S/C16H30/c1-15(2,3)13-9-11-7-8-12(10-13)14(11)16(4,5)6/h11-14H,7-10H2,1-6H3. The molecule has 0 aliphatic heterocycles. The zero-order valence-corrected chi connectivity index (χ0v) is 12.1. The maximum atomic E-state index is 2.46. The molecule has 2 saturated carbocycles. The van der Waals surface area contributed by atoms with Gasteiger partial charge in [-0.3, -0.25) is 0 Å². The summed E-state index contributed by atoms with van der Waals surface area (Å²) in [5.41, 5.74) is 1.07. The molecule has 0 aromatic rings. The Morgan fingerprint density at radius 3 is 1.44 bits per heavy atom. The van der Waals surface area contributed by atoms with Crippen LogP contribution < -0.4 is 0 Å². The Hall–Kier alpha value is 0. The first-order chi connectivity index (χ1) is 7.19. The first-order valence-electron chi connectivity index (χ1n) is 7.19. The third-order valence-corrected chi connectivity index (χ3v) is 5.32. The Balaban J connectivity index is 2.13. The van der Waals surface area contributed by atoms with E-state index in [2.05, 4.69) is 41.5 Å². The fourth-order valence-electron chi connectivity index (χ4n) is 4.65. The highest BCUT2D eigenvalue weighted by molar-refractivity contribution is 4.98. The first kappa shape index (κ1) is 12.5. The van der Waals surface area contributed by atoms with Gasteiger partial charge < -0.3 is 0 Å². The highest BCUT2D eigenvalue weighted by Crippen LogP contribution is 2.58. The van der Waals surface area contributed by atoms with Crippen LogP contribution in [0.1, 0.15) is 67.2 Å². The van der Waals surface area contributed by atoms with Gasteiger partial charge >= 0.3 is 0 Å². The quantitative estimate of drug-likeness (QED) is 0.533. The Morgan fingerprint density at radius 2 is 1.12 bits per heavy atom. The van der Waals surface area contributed by atoms with Crippen molar-refractivity contribution < 1.29 is 0 Å². The minimum Gasteiger partial charge on any atom is -0.0599 e. The topological polar surface area (TPSA) is 0 Å². The molecule has 0 N–H and O–H groups in total. The van der Waals surface area contributed by atoms with Crippen LogP contribution in [-0.2, 0) is 0 Å². The van der Waals surface area contributed by atoms with Crippen LogP contribution in [0.2, 0.25) is 0 Å². The van der Waals surface area contributed by atoms with E-state index in [0.29, 0.717) is 10.8 Å². The van der Waals surface area contributed by atoms with Gasteiger partial charge in [-0.1, -0.05) is 41.5 Å². The monoisotopic (exact) mass is 222 g/mol. The van der Waals surface area contributed by atoms with Gasteiger partial charge in [-0.2, -0.15) is 0 Å². The number of rotatable bonds is 0. The first-order valence-corrected chi connectivity index (χ1v) is 7.19. The molecular weight excluding hydrogens is 192 g/mol. The van der Waals surface area contributed by atoms with Crippen LogP contribution in [-0.4, -0.2) is 0 Å².